The second-order valence-corrected chi connectivity index (χ2v) is 5.46. The third-order valence-electron chi connectivity index (χ3n) is 3.66. The van der Waals surface area contributed by atoms with Crippen molar-refractivity contribution in [2.45, 2.75) is 25.9 Å². The van der Waals surface area contributed by atoms with Crippen molar-refractivity contribution in [1.29, 1.82) is 0 Å². The van der Waals surface area contributed by atoms with Crippen molar-refractivity contribution in [2.75, 3.05) is 39.5 Å². The number of H-pyrrole nitrogens is 1. The van der Waals surface area contributed by atoms with Crippen LogP contribution in [0.5, 0.6) is 0 Å². The van der Waals surface area contributed by atoms with Gasteiger partial charge in [0.05, 0.1) is 13.2 Å². The van der Waals surface area contributed by atoms with E-state index in [1.807, 2.05) is 6.92 Å². The number of aryl methyl sites for hydroxylation is 1. The predicted octanol–water partition coefficient (Wildman–Crippen LogP) is 0.913. The Bertz CT molecular complexity index is 405. The van der Waals surface area contributed by atoms with Crippen molar-refractivity contribution < 1.29 is 9.47 Å². The molecule has 0 bridgehead atoms. The summed E-state index contributed by atoms with van der Waals surface area (Å²) in [6, 6.07) is 0. The van der Waals surface area contributed by atoms with Crippen LogP contribution >= 0.6 is 0 Å². The molecule has 1 aliphatic heterocycles. The lowest BCUT2D eigenvalue weighted by Crippen LogP contribution is -2.40. The van der Waals surface area contributed by atoms with Crippen LogP contribution in [0.1, 0.15) is 30.6 Å². The number of hydrogen-bond acceptors (Lipinski definition) is 5. The number of rotatable bonds is 6. The zero-order valence-corrected chi connectivity index (χ0v) is 11.5. The predicted molar refractivity (Wildman–Crippen MR) is 69.8 cm³/mol. The summed E-state index contributed by atoms with van der Waals surface area (Å²) in [6.45, 7) is 7.18. The maximum absolute atomic E-state index is 5.73. The van der Waals surface area contributed by atoms with E-state index in [-0.39, 0.29) is 6.10 Å². The number of hydrogen-bond donors (Lipinski definition) is 1. The van der Waals surface area contributed by atoms with Gasteiger partial charge < -0.3 is 9.47 Å². The summed E-state index contributed by atoms with van der Waals surface area (Å²) in [5.41, 5.74) is 0. The Morgan fingerprint density at radius 1 is 1.47 bits per heavy atom. The van der Waals surface area contributed by atoms with Gasteiger partial charge in [-0.2, -0.15) is 5.10 Å². The highest BCUT2D eigenvalue weighted by Crippen LogP contribution is 2.28. The lowest BCUT2D eigenvalue weighted by Gasteiger charge is -2.31. The van der Waals surface area contributed by atoms with E-state index in [2.05, 4.69) is 20.1 Å². The van der Waals surface area contributed by atoms with Gasteiger partial charge in [-0.1, -0.05) is 0 Å². The summed E-state index contributed by atoms with van der Waals surface area (Å²) in [6.07, 6.45) is 2.69. The molecule has 106 valence electrons. The van der Waals surface area contributed by atoms with Crippen molar-refractivity contribution in [2.24, 2.45) is 5.92 Å². The Hall–Kier alpha value is -0.980. The van der Waals surface area contributed by atoms with Gasteiger partial charge in [-0.25, -0.2) is 4.98 Å². The highest BCUT2D eigenvalue weighted by molar-refractivity contribution is 4.95. The van der Waals surface area contributed by atoms with Gasteiger partial charge in [0.25, 0.3) is 0 Å². The molecule has 2 aliphatic rings. The second-order valence-electron chi connectivity index (χ2n) is 5.46. The first-order valence-corrected chi connectivity index (χ1v) is 7.12. The van der Waals surface area contributed by atoms with Crippen molar-refractivity contribution in [3.05, 3.63) is 11.6 Å². The molecule has 0 aromatic carbocycles. The van der Waals surface area contributed by atoms with Crippen LogP contribution in [0.4, 0.5) is 0 Å². The van der Waals surface area contributed by atoms with Crippen LogP contribution in [0.2, 0.25) is 0 Å². The molecule has 6 nitrogen and oxygen atoms in total. The first-order chi connectivity index (χ1) is 9.31. The van der Waals surface area contributed by atoms with E-state index >= 15 is 0 Å². The molecule has 1 aromatic heterocycles. The van der Waals surface area contributed by atoms with Gasteiger partial charge in [0, 0.05) is 26.2 Å². The molecule has 1 unspecified atom stereocenters. The van der Waals surface area contributed by atoms with Gasteiger partial charge in [0.15, 0.2) is 5.82 Å². The average Bonchev–Trinajstić information content (AvgIpc) is 3.15. The Morgan fingerprint density at radius 3 is 3.11 bits per heavy atom. The highest BCUT2D eigenvalue weighted by atomic mass is 16.5. The standard InChI is InChI=1S/C13H22N4O2/c1-10-14-13(16-15-10)12-8-17(5-7-19-12)4-6-18-9-11-2-3-11/h11-12H,2-9H2,1H3,(H,14,15,16). The molecule has 3 rings (SSSR count). The van der Waals surface area contributed by atoms with Gasteiger partial charge in [-0.15, -0.1) is 0 Å². The summed E-state index contributed by atoms with van der Waals surface area (Å²) >= 11 is 0. The lowest BCUT2D eigenvalue weighted by atomic mass is 10.2. The highest BCUT2D eigenvalue weighted by Gasteiger charge is 2.25. The molecule has 19 heavy (non-hydrogen) atoms. The quantitative estimate of drug-likeness (QED) is 0.776. The van der Waals surface area contributed by atoms with E-state index in [0.717, 1.165) is 57.0 Å². The third kappa shape index (κ3) is 3.75. The molecule has 2 fully saturated rings. The molecule has 2 heterocycles. The number of nitrogens with zero attached hydrogens (tertiary/aromatic N) is 3. The molecule has 1 saturated carbocycles. The van der Waals surface area contributed by atoms with E-state index in [0.29, 0.717) is 0 Å². The van der Waals surface area contributed by atoms with E-state index in [9.17, 15) is 0 Å². The van der Waals surface area contributed by atoms with Crippen LogP contribution in [0.3, 0.4) is 0 Å². The topological polar surface area (TPSA) is 63.3 Å². The fraction of sp³-hybridized carbons (Fsp3) is 0.846. The molecule has 6 heteroatoms. The van der Waals surface area contributed by atoms with Crippen molar-refractivity contribution in [3.63, 3.8) is 0 Å². The summed E-state index contributed by atoms with van der Waals surface area (Å²) in [5, 5.41) is 7.05. The van der Waals surface area contributed by atoms with Crippen molar-refractivity contribution in [3.8, 4) is 0 Å². The maximum Gasteiger partial charge on any atom is 0.180 e. The van der Waals surface area contributed by atoms with Crippen LogP contribution in [0.25, 0.3) is 0 Å². The van der Waals surface area contributed by atoms with Gasteiger partial charge in [0.2, 0.25) is 0 Å². The second kappa shape index (κ2) is 5.98. The molecule has 1 aliphatic carbocycles. The van der Waals surface area contributed by atoms with Crippen LogP contribution in [-0.4, -0.2) is 59.5 Å². The Labute approximate surface area is 113 Å². The number of aromatic nitrogens is 3. The number of aromatic amines is 1. The van der Waals surface area contributed by atoms with Gasteiger partial charge >= 0.3 is 0 Å². The molecular formula is C13H22N4O2. The van der Waals surface area contributed by atoms with Gasteiger partial charge in [-0.05, 0) is 25.7 Å². The fourth-order valence-corrected chi connectivity index (χ4v) is 2.29. The Kier molecular flexibility index (Phi) is 4.10. The Morgan fingerprint density at radius 2 is 2.37 bits per heavy atom. The summed E-state index contributed by atoms with van der Waals surface area (Å²) < 4.78 is 11.4. The molecule has 1 aromatic rings. The lowest BCUT2D eigenvalue weighted by molar-refractivity contribution is -0.0419. The average molecular weight is 266 g/mol. The van der Waals surface area contributed by atoms with Gasteiger partial charge in [0.1, 0.15) is 11.9 Å². The molecular weight excluding hydrogens is 244 g/mol. The summed E-state index contributed by atoms with van der Waals surface area (Å²) in [4.78, 5) is 6.71. The first-order valence-electron chi connectivity index (χ1n) is 7.12. The molecule has 1 N–H and O–H groups in total. The van der Waals surface area contributed by atoms with Crippen molar-refractivity contribution >= 4 is 0 Å². The molecule has 1 atom stereocenters. The smallest absolute Gasteiger partial charge is 0.180 e. The molecule has 0 radical (unpaired) electrons. The zero-order chi connectivity index (χ0) is 13.1. The van der Waals surface area contributed by atoms with Gasteiger partial charge in [-0.3, -0.25) is 10.00 Å². The van der Waals surface area contributed by atoms with E-state index < -0.39 is 0 Å². The molecule has 0 spiro atoms. The number of nitrogens with one attached hydrogen (secondary N) is 1. The van der Waals surface area contributed by atoms with Crippen molar-refractivity contribution in [1.82, 2.24) is 20.1 Å². The largest absolute Gasteiger partial charge is 0.380 e. The van der Waals surface area contributed by atoms with E-state index in [1.165, 1.54) is 12.8 Å². The first kappa shape index (κ1) is 13.0. The maximum atomic E-state index is 5.73. The van der Waals surface area contributed by atoms with Crippen LogP contribution in [-0.2, 0) is 9.47 Å². The SMILES string of the molecule is Cc1nc(C2CN(CCOCC3CC3)CCO2)n[nH]1. The van der Waals surface area contributed by atoms with Crippen LogP contribution < -0.4 is 0 Å². The third-order valence-corrected chi connectivity index (χ3v) is 3.66. The Balaban J connectivity index is 1.42. The minimum atomic E-state index is -0.0119. The van der Waals surface area contributed by atoms with Crippen LogP contribution in [0, 0.1) is 12.8 Å². The summed E-state index contributed by atoms with van der Waals surface area (Å²) in [5.74, 6) is 2.44. The van der Waals surface area contributed by atoms with E-state index in [4.69, 9.17) is 9.47 Å². The minimum Gasteiger partial charge on any atom is -0.380 e. The summed E-state index contributed by atoms with van der Waals surface area (Å²) in [7, 11) is 0. The molecule has 1 saturated heterocycles. The number of ether oxygens (including phenoxy) is 2. The van der Waals surface area contributed by atoms with E-state index in [1.54, 1.807) is 0 Å². The monoisotopic (exact) mass is 266 g/mol. The van der Waals surface area contributed by atoms with Crippen LogP contribution in [0.15, 0.2) is 0 Å². The normalized spacial score (nSPS) is 24.8. The fourth-order valence-electron chi connectivity index (χ4n) is 2.29. The minimum absolute atomic E-state index is 0.0119. The number of morpholine rings is 1. The zero-order valence-electron chi connectivity index (χ0n) is 11.5. The molecule has 0 amide bonds.